The molecule has 0 radical (unpaired) electrons. The van der Waals surface area contributed by atoms with Gasteiger partial charge in [-0.25, -0.2) is 0 Å². The molecular formula is C22H33F3N2O2. The number of hydrogen-bond donors (Lipinski definition) is 1. The zero-order valence-corrected chi connectivity index (χ0v) is 17.4. The van der Waals surface area contributed by atoms with Crippen molar-refractivity contribution in [2.24, 2.45) is 0 Å². The van der Waals surface area contributed by atoms with Gasteiger partial charge in [0.25, 0.3) is 0 Å². The minimum Gasteiger partial charge on any atom is -0.391 e. The highest BCUT2D eigenvalue weighted by Crippen LogP contribution is 2.50. The Morgan fingerprint density at radius 3 is 2.48 bits per heavy atom. The van der Waals surface area contributed by atoms with Gasteiger partial charge in [-0.1, -0.05) is 31.5 Å². The van der Waals surface area contributed by atoms with Gasteiger partial charge in [0.05, 0.1) is 24.9 Å². The normalized spacial score (nSPS) is 22.3. The summed E-state index contributed by atoms with van der Waals surface area (Å²) in [6.45, 7) is 6.83. The molecule has 1 aliphatic heterocycles. The number of halogens is 3. The molecule has 0 bridgehead atoms. The molecule has 2 fully saturated rings. The smallest absolute Gasteiger partial charge is 0.391 e. The Morgan fingerprint density at radius 2 is 1.93 bits per heavy atom. The van der Waals surface area contributed by atoms with E-state index in [1.54, 1.807) is 6.07 Å². The number of morpholine rings is 1. The summed E-state index contributed by atoms with van der Waals surface area (Å²) in [4.78, 5) is 4.51. The first-order chi connectivity index (χ1) is 13.8. The average Bonchev–Trinajstić information content (AvgIpc) is 2.68. The predicted octanol–water partition coefficient (Wildman–Crippen LogP) is 3.53. The van der Waals surface area contributed by atoms with Crippen molar-refractivity contribution in [1.29, 1.82) is 0 Å². The first-order valence-electron chi connectivity index (χ1n) is 10.6. The zero-order chi connectivity index (χ0) is 21.1. The Balaban J connectivity index is 1.83. The molecule has 0 aromatic heterocycles. The van der Waals surface area contributed by atoms with Gasteiger partial charge < -0.3 is 9.84 Å². The van der Waals surface area contributed by atoms with Crippen LogP contribution in [-0.4, -0.2) is 73.5 Å². The third-order valence-corrected chi connectivity index (χ3v) is 6.71. The van der Waals surface area contributed by atoms with Crippen molar-refractivity contribution in [3.05, 3.63) is 35.4 Å². The first kappa shape index (κ1) is 22.5. The van der Waals surface area contributed by atoms with E-state index in [2.05, 4.69) is 9.80 Å². The molecule has 1 saturated carbocycles. The third kappa shape index (κ3) is 4.95. The van der Waals surface area contributed by atoms with Crippen LogP contribution in [0.4, 0.5) is 13.2 Å². The quantitative estimate of drug-likeness (QED) is 0.706. The van der Waals surface area contributed by atoms with Gasteiger partial charge in [-0.05, 0) is 37.9 Å². The van der Waals surface area contributed by atoms with Crippen molar-refractivity contribution in [3.63, 3.8) is 0 Å². The lowest BCUT2D eigenvalue weighted by Gasteiger charge is -2.53. The van der Waals surface area contributed by atoms with E-state index in [9.17, 15) is 18.3 Å². The van der Waals surface area contributed by atoms with Gasteiger partial charge in [0.2, 0.25) is 0 Å². The second kappa shape index (κ2) is 9.33. The van der Waals surface area contributed by atoms with E-state index in [4.69, 9.17) is 4.74 Å². The summed E-state index contributed by atoms with van der Waals surface area (Å²) >= 11 is 0. The van der Waals surface area contributed by atoms with Crippen LogP contribution in [0.3, 0.4) is 0 Å². The van der Waals surface area contributed by atoms with Crippen molar-refractivity contribution >= 4 is 0 Å². The molecule has 1 saturated heterocycles. The lowest BCUT2D eigenvalue weighted by Crippen LogP contribution is -2.59. The zero-order valence-electron chi connectivity index (χ0n) is 17.4. The Labute approximate surface area is 171 Å². The molecule has 2 aliphatic rings. The van der Waals surface area contributed by atoms with Crippen LogP contribution >= 0.6 is 0 Å². The third-order valence-electron chi connectivity index (χ3n) is 6.71. The maximum Gasteiger partial charge on any atom is 0.416 e. The van der Waals surface area contributed by atoms with Crippen molar-refractivity contribution in [3.8, 4) is 0 Å². The van der Waals surface area contributed by atoms with Crippen LogP contribution in [0, 0.1) is 0 Å². The van der Waals surface area contributed by atoms with Gasteiger partial charge in [0.1, 0.15) is 0 Å². The molecule has 4 nitrogen and oxygen atoms in total. The Bertz CT molecular complexity index is 658. The molecule has 1 aromatic rings. The van der Waals surface area contributed by atoms with Crippen LogP contribution in [0.5, 0.6) is 0 Å². The molecular weight excluding hydrogens is 381 g/mol. The SMILES string of the molecule is CCC(O)C(N(C)CCN1CCOCC1)C1(c2cccc(C(F)(F)F)c2)CCC1. The Kier molecular flexibility index (Phi) is 7.25. The van der Waals surface area contributed by atoms with E-state index in [0.717, 1.165) is 64.7 Å². The number of aliphatic hydroxyl groups excluding tert-OH is 1. The minimum atomic E-state index is -4.36. The van der Waals surface area contributed by atoms with Crippen LogP contribution in [0.2, 0.25) is 0 Å². The van der Waals surface area contributed by atoms with Gasteiger partial charge in [-0.2, -0.15) is 13.2 Å². The summed E-state index contributed by atoms with van der Waals surface area (Å²) in [7, 11) is 2.00. The van der Waals surface area contributed by atoms with Crippen LogP contribution in [0.25, 0.3) is 0 Å². The van der Waals surface area contributed by atoms with E-state index in [1.165, 1.54) is 12.1 Å². The molecule has 29 heavy (non-hydrogen) atoms. The summed E-state index contributed by atoms with van der Waals surface area (Å²) in [6.07, 6.45) is -1.79. The fourth-order valence-electron chi connectivity index (χ4n) is 4.89. The predicted molar refractivity (Wildman–Crippen MR) is 107 cm³/mol. The maximum atomic E-state index is 13.3. The van der Waals surface area contributed by atoms with E-state index < -0.39 is 23.3 Å². The second-order valence-electron chi connectivity index (χ2n) is 8.44. The second-order valence-corrected chi connectivity index (χ2v) is 8.44. The number of hydrogen-bond acceptors (Lipinski definition) is 4. The molecule has 7 heteroatoms. The molecule has 2 unspecified atom stereocenters. The average molecular weight is 415 g/mol. The van der Waals surface area contributed by atoms with Gasteiger partial charge >= 0.3 is 6.18 Å². The number of likely N-dealkylation sites (N-methyl/N-ethyl adjacent to an activating group) is 1. The summed E-state index contributed by atoms with van der Waals surface area (Å²) in [5.41, 5.74) is -0.340. The van der Waals surface area contributed by atoms with Crippen molar-refractivity contribution in [2.45, 2.75) is 56.3 Å². The number of benzene rings is 1. The van der Waals surface area contributed by atoms with Crippen LogP contribution in [-0.2, 0) is 16.3 Å². The van der Waals surface area contributed by atoms with Crippen molar-refractivity contribution < 1.29 is 23.0 Å². The lowest BCUT2D eigenvalue weighted by atomic mass is 9.58. The Hall–Kier alpha value is -1.15. The molecule has 1 heterocycles. The summed E-state index contributed by atoms with van der Waals surface area (Å²) < 4.78 is 45.3. The van der Waals surface area contributed by atoms with Gasteiger partial charge in [-0.3, -0.25) is 9.80 Å². The van der Waals surface area contributed by atoms with Gasteiger partial charge in [0.15, 0.2) is 0 Å². The molecule has 164 valence electrons. The summed E-state index contributed by atoms with van der Waals surface area (Å²) in [5.74, 6) is 0. The van der Waals surface area contributed by atoms with E-state index in [1.807, 2.05) is 14.0 Å². The molecule has 3 rings (SSSR count). The standard InChI is InChI=1S/C22H33F3N2O2/c1-3-19(28)20(26(2)10-11-27-12-14-29-15-13-27)21(8-5-9-21)17-6-4-7-18(16-17)22(23,24)25/h4,6-7,16,19-20,28H,3,5,8-15H2,1-2H3. The number of ether oxygens (including phenoxy) is 1. The number of nitrogens with zero attached hydrogens (tertiary/aromatic N) is 2. The highest BCUT2D eigenvalue weighted by molar-refractivity contribution is 5.36. The van der Waals surface area contributed by atoms with E-state index >= 15 is 0 Å². The van der Waals surface area contributed by atoms with Gasteiger partial charge in [0, 0.05) is 37.6 Å². The number of aliphatic hydroxyl groups is 1. The van der Waals surface area contributed by atoms with Crippen LogP contribution in [0.1, 0.15) is 43.7 Å². The largest absolute Gasteiger partial charge is 0.416 e. The van der Waals surface area contributed by atoms with Crippen molar-refractivity contribution in [1.82, 2.24) is 9.80 Å². The van der Waals surface area contributed by atoms with Gasteiger partial charge in [-0.15, -0.1) is 0 Å². The fraction of sp³-hybridized carbons (Fsp3) is 0.727. The molecule has 2 atom stereocenters. The number of rotatable bonds is 8. The fourth-order valence-corrected chi connectivity index (χ4v) is 4.89. The summed E-state index contributed by atoms with van der Waals surface area (Å²) in [6, 6.07) is 5.53. The van der Waals surface area contributed by atoms with E-state index in [0.29, 0.717) is 12.0 Å². The molecule has 1 aliphatic carbocycles. The lowest BCUT2D eigenvalue weighted by molar-refractivity contribution is -0.137. The number of alkyl halides is 3. The maximum absolute atomic E-state index is 13.3. The molecule has 1 N–H and O–H groups in total. The van der Waals surface area contributed by atoms with E-state index in [-0.39, 0.29) is 6.04 Å². The summed E-state index contributed by atoms with van der Waals surface area (Å²) in [5, 5.41) is 10.9. The van der Waals surface area contributed by atoms with Crippen LogP contribution in [0.15, 0.2) is 24.3 Å². The molecule has 0 amide bonds. The Morgan fingerprint density at radius 1 is 1.24 bits per heavy atom. The monoisotopic (exact) mass is 414 g/mol. The molecule has 1 aromatic carbocycles. The van der Waals surface area contributed by atoms with Crippen LogP contribution < -0.4 is 0 Å². The van der Waals surface area contributed by atoms with Crippen molar-refractivity contribution in [2.75, 3.05) is 46.4 Å². The topological polar surface area (TPSA) is 35.9 Å². The highest BCUT2D eigenvalue weighted by Gasteiger charge is 2.50. The first-order valence-corrected chi connectivity index (χ1v) is 10.6. The highest BCUT2D eigenvalue weighted by atomic mass is 19.4. The minimum absolute atomic E-state index is 0.203. The molecule has 0 spiro atoms.